The fraction of sp³-hybridized carbons (Fsp3) is 0.111. The molecule has 0 aliphatic rings. The van der Waals surface area contributed by atoms with Crippen LogP contribution in [0.3, 0.4) is 0 Å². The number of nitrogens with one attached hydrogen (secondary N) is 1. The highest BCUT2D eigenvalue weighted by atomic mass is 16.6. The molecule has 5 heteroatoms. The number of anilines is 1. The minimum atomic E-state index is -0.934. The van der Waals surface area contributed by atoms with Gasteiger partial charge in [0.05, 0.1) is 0 Å². The zero-order valence-electron chi connectivity index (χ0n) is 12.5. The van der Waals surface area contributed by atoms with Crippen LogP contribution >= 0.6 is 0 Å². The molecule has 2 aromatic carbocycles. The van der Waals surface area contributed by atoms with E-state index in [0.29, 0.717) is 11.3 Å². The standard InChI is InChI=1S/C18H15NO4/c1-12(17(20)19-14-8-3-2-4-9-14)22-18(21)16-11-13-7-5-6-10-15(13)23-16/h2-12H,1H3,(H,19,20). The first-order valence-electron chi connectivity index (χ1n) is 7.19. The summed E-state index contributed by atoms with van der Waals surface area (Å²) in [5.41, 5.74) is 1.24. The van der Waals surface area contributed by atoms with Gasteiger partial charge in [0.25, 0.3) is 5.91 Å². The predicted molar refractivity (Wildman–Crippen MR) is 86.2 cm³/mol. The first-order valence-corrected chi connectivity index (χ1v) is 7.19. The van der Waals surface area contributed by atoms with Gasteiger partial charge in [-0.05, 0) is 31.2 Å². The average molecular weight is 309 g/mol. The Hall–Kier alpha value is -3.08. The maximum Gasteiger partial charge on any atom is 0.375 e. The van der Waals surface area contributed by atoms with Crippen molar-refractivity contribution < 1.29 is 18.7 Å². The van der Waals surface area contributed by atoms with E-state index in [9.17, 15) is 9.59 Å². The lowest BCUT2D eigenvalue weighted by Gasteiger charge is -2.12. The van der Waals surface area contributed by atoms with E-state index in [1.54, 1.807) is 36.4 Å². The molecule has 1 heterocycles. The molecule has 1 aromatic heterocycles. The number of para-hydroxylation sites is 2. The number of hydrogen-bond acceptors (Lipinski definition) is 4. The monoisotopic (exact) mass is 309 g/mol. The van der Waals surface area contributed by atoms with Crippen molar-refractivity contribution in [3.05, 3.63) is 66.4 Å². The lowest BCUT2D eigenvalue weighted by Crippen LogP contribution is -2.29. The van der Waals surface area contributed by atoms with Crippen LogP contribution in [-0.4, -0.2) is 18.0 Å². The Bertz CT molecular complexity index is 805. The number of hydrogen-bond donors (Lipinski definition) is 1. The molecular formula is C18H15NO4. The van der Waals surface area contributed by atoms with Crippen LogP contribution in [-0.2, 0) is 9.53 Å². The Balaban J connectivity index is 1.65. The maximum atomic E-state index is 12.1. The van der Waals surface area contributed by atoms with Crippen molar-refractivity contribution in [1.29, 1.82) is 0 Å². The lowest BCUT2D eigenvalue weighted by atomic mass is 10.2. The number of carbonyl (C=O) groups excluding carboxylic acids is 2. The lowest BCUT2D eigenvalue weighted by molar-refractivity contribution is -0.123. The number of esters is 1. The Morgan fingerprint density at radius 2 is 1.74 bits per heavy atom. The number of amides is 1. The van der Waals surface area contributed by atoms with Gasteiger partial charge in [-0.25, -0.2) is 4.79 Å². The van der Waals surface area contributed by atoms with Gasteiger partial charge >= 0.3 is 5.97 Å². The van der Waals surface area contributed by atoms with Gasteiger partial charge in [-0.2, -0.15) is 0 Å². The summed E-state index contributed by atoms with van der Waals surface area (Å²) in [4.78, 5) is 24.1. The van der Waals surface area contributed by atoms with Crippen molar-refractivity contribution in [1.82, 2.24) is 0 Å². The second-order valence-electron chi connectivity index (χ2n) is 5.05. The largest absolute Gasteiger partial charge is 0.449 e. The molecule has 3 rings (SSSR count). The molecule has 0 radical (unpaired) electrons. The van der Waals surface area contributed by atoms with Crippen molar-refractivity contribution in [2.75, 3.05) is 5.32 Å². The first kappa shape index (κ1) is 14.8. The highest BCUT2D eigenvalue weighted by Crippen LogP contribution is 2.20. The summed E-state index contributed by atoms with van der Waals surface area (Å²) in [6.45, 7) is 1.51. The number of carbonyl (C=O) groups is 2. The van der Waals surface area contributed by atoms with Crippen LogP contribution in [0.2, 0.25) is 0 Å². The van der Waals surface area contributed by atoms with Crippen LogP contribution in [0.1, 0.15) is 17.5 Å². The van der Waals surface area contributed by atoms with Crippen LogP contribution in [0.15, 0.2) is 65.1 Å². The Kier molecular flexibility index (Phi) is 4.10. The summed E-state index contributed by atoms with van der Waals surface area (Å²) in [7, 11) is 0. The molecule has 116 valence electrons. The van der Waals surface area contributed by atoms with E-state index >= 15 is 0 Å². The van der Waals surface area contributed by atoms with Gasteiger partial charge in [-0.1, -0.05) is 36.4 Å². The molecule has 1 atom stereocenters. The third-order valence-corrected chi connectivity index (χ3v) is 3.32. The summed E-state index contributed by atoms with van der Waals surface area (Å²) in [6.07, 6.45) is -0.934. The van der Waals surface area contributed by atoms with Crippen molar-refractivity contribution in [3.63, 3.8) is 0 Å². The summed E-state index contributed by atoms with van der Waals surface area (Å²) in [5, 5.41) is 3.48. The summed E-state index contributed by atoms with van der Waals surface area (Å²) in [5.74, 6) is -0.997. The fourth-order valence-electron chi connectivity index (χ4n) is 2.12. The maximum absolute atomic E-state index is 12.1. The SMILES string of the molecule is CC(OC(=O)c1cc2ccccc2o1)C(=O)Nc1ccccc1. The molecular weight excluding hydrogens is 294 g/mol. The average Bonchev–Trinajstić information content (AvgIpc) is 3.00. The number of furan rings is 1. The van der Waals surface area contributed by atoms with E-state index in [4.69, 9.17) is 9.15 Å². The van der Waals surface area contributed by atoms with Crippen LogP contribution in [0.5, 0.6) is 0 Å². The normalized spacial score (nSPS) is 11.9. The second-order valence-corrected chi connectivity index (χ2v) is 5.05. The van der Waals surface area contributed by atoms with Crippen LogP contribution in [0.25, 0.3) is 11.0 Å². The quantitative estimate of drug-likeness (QED) is 0.747. The van der Waals surface area contributed by atoms with Crippen molar-refractivity contribution in [2.45, 2.75) is 13.0 Å². The number of fused-ring (bicyclic) bond motifs is 1. The third kappa shape index (κ3) is 3.40. The van der Waals surface area contributed by atoms with E-state index in [1.807, 2.05) is 24.3 Å². The summed E-state index contributed by atoms with van der Waals surface area (Å²) < 4.78 is 10.6. The molecule has 23 heavy (non-hydrogen) atoms. The van der Waals surface area contributed by atoms with Gasteiger partial charge in [-0.15, -0.1) is 0 Å². The molecule has 0 saturated carbocycles. The van der Waals surface area contributed by atoms with Gasteiger partial charge in [-0.3, -0.25) is 4.79 Å². The predicted octanol–water partition coefficient (Wildman–Crippen LogP) is 3.62. The Morgan fingerprint density at radius 1 is 1.04 bits per heavy atom. The highest BCUT2D eigenvalue weighted by Gasteiger charge is 2.21. The molecule has 0 fully saturated rings. The van der Waals surface area contributed by atoms with E-state index in [-0.39, 0.29) is 5.76 Å². The molecule has 0 aliphatic carbocycles. The molecule has 0 aliphatic heterocycles. The van der Waals surface area contributed by atoms with E-state index in [0.717, 1.165) is 5.39 Å². The van der Waals surface area contributed by atoms with Crippen molar-refractivity contribution in [3.8, 4) is 0 Å². The molecule has 1 amide bonds. The van der Waals surface area contributed by atoms with Crippen LogP contribution in [0.4, 0.5) is 5.69 Å². The molecule has 5 nitrogen and oxygen atoms in total. The minimum Gasteiger partial charge on any atom is -0.449 e. The van der Waals surface area contributed by atoms with E-state index in [2.05, 4.69) is 5.32 Å². The van der Waals surface area contributed by atoms with Gasteiger partial charge in [0.1, 0.15) is 5.58 Å². The zero-order chi connectivity index (χ0) is 16.2. The number of ether oxygens (including phenoxy) is 1. The molecule has 3 aromatic rings. The minimum absolute atomic E-state index is 0.0746. The first-order chi connectivity index (χ1) is 11.1. The van der Waals surface area contributed by atoms with Crippen LogP contribution in [0, 0.1) is 0 Å². The molecule has 1 N–H and O–H groups in total. The van der Waals surface area contributed by atoms with Gasteiger partial charge < -0.3 is 14.5 Å². The smallest absolute Gasteiger partial charge is 0.375 e. The second kappa shape index (κ2) is 6.36. The van der Waals surface area contributed by atoms with Crippen molar-refractivity contribution in [2.24, 2.45) is 0 Å². The molecule has 0 spiro atoms. The summed E-state index contributed by atoms with van der Waals surface area (Å²) in [6, 6.07) is 17.8. The molecule has 1 unspecified atom stereocenters. The topological polar surface area (TPSA) is 68.5 Å². The van der Waals surface area contributed by atoms with Gasteiger partial charge in [0, 0.05) is 11.1 Å². The third-order valence-electron chi connectivity index (χ3n) is 3.32. The number of benzene rings is 2. The number of rotatable bonds is 4. The van der Waals surface area contributed by atoms with Gasteiger partial charge in [0.15, 0.2) is 6.10 Å². The highest BCUT2D eigenvalue weighted by molar-refractivity contribution is 5.97. The Labute approximate surface area is 132 Å². The van der Waals surface area contributed by atoms with Gasteiger partial charge in [0.2, 0.25) is 5.76 Å². The van der Waals surface area contributed by atoms with E-state index < -0.39 is 18.0 Å². The fourth-order valence-corrected chi connectivity index (χ4v) is 2.12. The Morgan fingerprint density at radius 3 is 2.48 bits per heavy atom. The van der Waals surface area contributed by atoms with Crippen LogP contribution < -0.4 is 5.32 Å². The molecule has 0 saturated heterocycles. The molecule has 0 bridgehead atoms. The van der Waals surface area contributed by atoms with Crippen molar-refractivity contribution >= 4 is 28.5 Å². The van der Waals surface area contributed by atoms with E-state index in [1.165, 1.54) is 6.92 Å². The summed E-state index contributed by atoms with van der Waals surface area (Å²) >= 11 is 0. The zero-order valence-corrected chi connectivity index (χ0v) is 12.5.